The molecule has 0 fully saturated rings. The second-order valence-electron chi connectivity index (χ2n) is 8.76. The van der Waals surface area contributed by atoms with E-state index in [0.29, 0.717) is 11.1 Å². The van der Waals surface area contributed by atoms with Gasteiger partial charge in [-0.3, -0.25) is 24.2 Å². The van der Waals surface area contributed by atoms with Crippen molar-refractivity contribution < 1.29 is 27.5 Å². The third-order valence-electron chi connectivity index (χ3n) is 5.71. The van der Waals surface area contributed by atoms with E-state index in [1.54, 1.807) is 30.3 Å². The molecule has 2 amide bonds. The second-order valence-corrected chi connectivity index (χ2v) is 8.76. The van der Waals surface area contributed by atoms with Crippen molar-refractivity contribution in [3.8, 4) is 5.75 Å². The molecule has 0 aliphatic carbocycles. The lowest BCUT2D eigenvalue weighted by Gasteiger charge is -2.24. The molecule has 0 atom stereocenters. The van der Waals surface area contributed by atoms with E-state index in [4.69, 9.17) is 0 Å². The van der Waals surface area contributed by atoms with Crippen LogP contribution in [0.15, 0.2) is 87.3 Å². The van der Waals surface area contributed by atoms with Gasteiger partial charge < -0.3 is 24.9 Å². The molecule has 4 N–H and O–H groups in total. The van der Waals surface area contributed by atoms with Gasteiger partial charge in [-0.05, 0) is 23.3 Å². The van der Waals surface area contributed by atoms with Gasteiger partial charge in [-0.15, -0.1) is 13.2 Å². The summed E-state index contributed by atoms with van der Waals surface area (Å²) >= 11 is 0. The lowest BCUT2D eigenvalue weighted by Crippen LogP contribution is -2.34. The van der Waals surface area contributed by atoms with Crippen molar-refractivity contribution in [2.45, 2.75) is 26.0 Å². The van der Waals surface area contributed by atoms with Gasteiger partial charge in [0.2, 0.25) is 5.56 Å². The molecule has 212 valence electrons. The minimum atomic E-state index is -5.12. The van der Waals surface area contributed by atoms with Crippen molar-refractivity contribution in [2.75, 3.05) is 0 Å². The van der Waals surface area contributed by atoms with Crippen molar-refractivity contribution in [1.82, 2.24) is 25.2 Å². The average molecular weight is 569 g/mol. The number of H-pyrrole nitrogens is 3. The number of ether oxygens (including phenoxy) is 1. The van der Waals surface area contributed by atoms with Gasteiger partial charge in [0.25, 0.3) is 17.4 Å². The molecule has 2 heterocycles. The number of aromatic amines is 3. The molecule has 0 unspecified atom stereocenters. The van der Waals surface area contributed by atoms with Crippen LogP contribution in [0.25, 0.3) is 0 Å². The summed E-state index contributed by atoms with van der Waals surface area (Å²) in [6.07, 6.45) is -3.73. The number of halogens is 3. The summed E-state index contributed by atoms with van der Waals surface area (Å²) in [5.74, 6) is -2.27. The Bertz CT molecular complexity index is 1680. The first kappa shape index (κ1) is 28.6. The smallest absolute Gasteiger partial charge is 0.405 e. The van der Waals surface area contributed by atoms with Gasteiger partial charge >= 0.3 is 12.1 Å². The normalized spacial score (nSPS) is 11.1. The zero-order valence-corrected chi connectivity index (χ0v) is 21.1. The van der Waals surface area contributed by atoms with Crippen LogP contribution in [0, 0.1) is 0 Å². The Balaban J connectivity index is 1.65. The highest BCUT2D eigenvalue weighted by Crippen LogP contribution is 2.29. The highest BCUT2D eigenvalue weighted by atomic mass is 19.4. The first-order valence-electron chi connectivity index (χ1n) is 12.0. The molecule has 0 saturated carbocycles. The minimum absolute atomic E-state index is 0.0133. The van der Waals surface area contributed by atoms with Crippen molar-refractivity contribution in [1.29, 1.82) is 0 Å². The molecule has 14 heteroatoms. The fraction of sp³-hybridized carbons (Fsp3) is 0.148. The van der Waals surface area contributed by atoms with Crippen molar-refractivity contribution in [2.24, 2.45) is 0 Å². The third-order valence-corrected chi connectivity index (χ3v) is 5.71. The molecule has 2 aromatic carbocycles. The summed E-state index contributed by atoms with van der Waals surface area (Å²) in [7, 11) is 0. The van der Waals surface area contributed by atoms with Gasteiger partial charge in [0.1, 0.15) is 11.4 Å². The van der Waals surface area contributed by atoms with Gasteiger partial charge in [-0.1, -0.05) is 42.5 Å². The van der Waals surface area contributed by atoms with Crippen LogP contribution in [-0.2, 0) is 19.6 Å². The summed E-state index contributed by atoms with van der Waals surface area (Å²) < 4.78 is 44.2. The maximum absolute atomic E-state index is 13.3. The predicted molar refractivity (Wildman–Crippen MR) is 139 cm³/mol. The van der Waals surface area contributed by atoms with E-state index in [2.05, 4.69) is 20.0 Å². The van der Waals surface area contributed by atoms with Crippen molar-refractivity contribution in [3.63, 3.8) is 0 Å². The standard InChI is InChI=1S/C27H22F3N5O6/c28-27(29,30)41-21-10-18(24(38)32-13-17-6-9-22(36)31-12-17)7-8-19(21)15-35(14-16-4-2-1-3-5-16)25(39)20-11-23(37)34-26(40)33-20/h1-12H,13-15H2,(H,31,36)(H,32,38)(H2,33,34,37,40). The topological polar surface area (TPSA) is 157 Å². The fourth-order valence-electron chi connectivity index (χ4n) is 3.85. The van der Waals surface area contributed by atoms with E-state index >= 15 is 0 Å². The Hall–Kier alpha value is -5.40. The van der Waals surface area contributed by atoms with Crippen LogP contribution in [0.1, 0.15) is 37.5 Å². The number of amides is 2. The van der Waals surface area contributed by atoms with Crippen molar-refractivity contribution >= 4 is 11.8 Å². The minimum Gasteiger partial charge on any atom is -0.405 e. The maximum atomic E-state index is 13.3. The SMILES string of the molecule is O=C(NCc1ccc(=O)[nH]c1)c1ccc(CN(Cc2ccccc2)C(=O)c2cc(=O)[nH]c(=O)[nH]2)c(OC(F)(F)F)c1. The van der Waals surface area contributed by atoms with E-state index in [1.165, 1.54) is 30.5 Å². The quantitative estimate of drug-likeness (QED) is 0.243. The van der Waals surface area contributed by atoms with Crippen LogP contribution in [0.4, 0.5) is 13.2 Å². The van der Waals surface area contributed by atoms with E-state index in [0.717, 1.165) is 17.0 Å². The summed E-state index contributed by atoms with van der Waals surface area (Å²) in [4.78, 5) is 68.5. The molecular weight excluding hydrogens is 547 g/mol. The lowest BCUT2D eigenvalue weighted by molar-refractivity contribution is -0.275. The number of nitrogens with zero attached hydrogens (tertiary/aromatic N) is 1. The van der Waals surface area contributed by atoms with Crippen LogP contribution in [0.3, 0.4) is 0 Å². The number of nitrogens with one attached hydrogen (secondary N) is 4. The number of hydrogen-bond donors (Lipinski definition) is 4. The van der Waals surface area contributed by atoms with Crippen LogP contribution < -0.4 is 26.9 Å². The van der Waals surface area contributed by atoms with Gasteiger partial charge in [-0.2, -0.15) is 0 Å². The zero-order chi connectivity index (χ0) is 29.6. The highest BCUT2D eigenvalue weighted by molar-refractivity contribution is 5.95. The van der Waals surface area contributed by atoms with E-state index in [-0.39, 0.29) is 35.5 Å². The van der Waals surface area contributed by atoms with Gasteiger partial charge in [0, 0.05) is 42.5 Å². The number of alkyl halides is 3. The molecule has 4 aromatic rings. The molecule has 4 rings (SSSR count). The first-order chi connectivity index (χ1) is 19.5. The van der Waals surface area contributed by atoms with Crippen LogP contribution in [0.5, 0.6) is 5.75 Å². The molecule has 41 heavy (non-hydrogen) atoms. The number of carbonyl (C=O) groups excluding carboxylic acids is 2. The number of rotatable bonds is 9. The van der Waals surface area contributed by atoms with E-state index in [1.807, 2.05) is 4.98 Å². The highest BCUT2D eigenvalue weighted by Gasteiger charge is 2.33. The number of pyridine rings is 1. The third kappa shape index (κ3) is 8.05. The Morgan fingerprint density at radius 2 is 1.61 bits per heavy atom. The Labute approximate surface area is 228 Å². The number of benzene rings is 2. The monoisotopic (exact) mass is 569 g/mol. The Morgan fingerprint density at radius 3 is 2.27 bits per heavy atom. The molecule has 0 spiro atoms. The fourth-order valence-corrected chi connectivity index (χ4v) is 3.85. The largest absolute Gasteiger partial charge is 0.573 e. The molecule has 0 bridgehead atoms. The van der Waals surface area contributed by atoms with Gasteiger partial charge in [0.05, 0.1) is 6.54 Å². The van der Waals surface area contributed by atoms with Crippen LogP contribution in [-0.4, -0.2) is 38.0 Å². The maximum Gasteiger partial charge on any atom is 0.573 e. The predicted octanol–water partition coefficient (Wildman–Crippen LogP) is 2.42. The molecule has 0 radical (unpaired) electrons. The van der Waals surface area contributed by atoms with E-state index in [9.17, 15) is 37.1 Å². The van der Waals surface area contributed by atoms with E-state index < -0.39 is 41.7 Å². The lowest BCUT2D eigenvalue weighted by atomic mass is 10.1. The van der Waals surface area contributed by atoms with Crippen LogP contribution in [0.2, 0.25) is 0 Å². The molecule has 0 aliphatic rings. The molecule has 0 aliphatic heterocycles. The average Bonchev–Trinajstić information content (AvgIpc) is 2.92. The Morgan fingerprint density at radius 1 is 0.854 bits per heavy atom. The number of carbonyl (C=O) groups is 2. The number of hydrogen-bond acceptors (Lipinski definition) is 6. The Kier molecular flexibility index (Phi) is 8.51. The molecule has 0 saturated heterocycles. The molecule has 2 aromatic heterocycles. The van der Waals surface area contributed by atoms with Crippen LogP contribution >= 0.6 is 0 Å². The second kappa shape index (κ2) is 12.2. The van der Waals surface area contributed by atoms with Gasteiger partial charge in [0.15, 0.2) is 0 Å². The summed E-state index contributed by atoms with van der Waals surface area (Å²) in [5, 5.41) is 2.54. The molecule has 11 nitrogen and oxygen atoms in total. The summed E-state index contributed by atoms with van der Waals surface area (Å²) in [5.41, 5.74) is -1.57. The van der Waals surface area contributed by atoms with Gasteiger partial charge in [-0.25, -0.2) is 4.79 Å². The summed E-state index contributed by atoms with van der Waals surface area (Å²) in [6, 6.07) is 15.5. The molecular formula is C27H22F3N5O6. The number of aromatic nitrogens is 3. The first-order valence-corrected chi connectivity index (χ1v) is 12.0. The summed E-state index contributed by atoms with van der Waals surface area (Å²) in [6.45, 7) is -0.546. The zero-order valence-electron chi connectivity index (χ0n) is 21.1. The van der Waals surface area contributed by atoms with Crippen molar-refractivity contribution in [3.05, 3.63) is 132 Å².